The van der Waals surface area contributed by atoms with E-state index in [2.05, 4.69) is 22.9 Å². The highest BCUT2D eigenvalue weighted by molar-refractivity contribution is 9.10. The van der Waals surface area contributed by atoms with Crippen molar-refractivity contribution in [1.82, 2.24) is 4.90 Å². The normalized spacial score (nSPS) is 17.2. The molecule has 0 aromatic heterocycles. The van der Waals surface area contributed by atoms with Crippen molar-refractivity contribution in [3.05, 3.63) is 34.1 Å². The minimum Gasteiger partial charge on any atom is -0.339 e. The van der Waals surface area contributed by atoms with Crippen molar-refractivity contribution in [2.24, 2.45) is 5.92 Å². The fraction of sp³-hybridized carbons (Fsp3) is 0.462. The number of likely N-dealkylation sites (tertiary alicyclic amines) is 1. The maximum atomic E-state index is 13.1. The van der Waals surface area contributed by atoms with Crippen LogP contribution in [0.15, 0.2) is 22.7 Å². The van der Waals surface area contributed by atoms with Crippen molar-refractivity contribution in [3.63, 3.8) is 0 Å². The van der Waals surface area contributed by atoms with Gasteiger partial charge in [0.2, 0.25) is 0 Å². The summed E-state index contributed by atoms with van der Waals surface area (Å²) in [5.74, 6) is 0.222. The molecule has 2 nitrogen and oxygen atoms in total. The number of nitrogens with zero attached hydrogens (tertiary/aromatic N) is 1. The molecule has 0 N–H and O–H groups in total. The molecule has 1 amide bonds. The summed E-state index contributed by atoms with van der Waals surface area (Å²) in [5, 5.41) is 0. The molecule has 0 spiro atoms. The zero-order chi connectivity index (χ0) is 12.4. The Kier molecular flexibility index (Phi) is 3.82. The van der Waals surface area contributed by atoms with Gasteiger partial charge >= 0.3 is 0 Å². The van der Waals surface area contributed by atoms with Gasteiger partial charge in [-0.05, 0) is 52.9 Å². The van der Waals surface area contributed by atoms with Crippen LogP contribution in [0, 0.1) is 11.7 Å². The topological polar surface area (TPSA) is 20.3 Å². The molecule has 0 bridgehead atoms. The Morgan fingerprint density at radius 2 is 2.06 bits per heavy atom. The van der Waals surface area contributed by atoms with Crippen LogP contribution in [-0.4, -0.2) is 23.9 Å². The summed E-state index contributed by atoms with van der Waals surface area (Å²) in [6.45, 7) is 3.73. The summed E-state index contributed by atoms with van der Waals surface area (Å²) in [5.41, 5.74) is 0.416. The van der Waals surface area contributed by atoms with Crippen molar-refractivity contribution in [2.75, 3.05) is 13.1 Å². The fourth-order valence-electron chi connectivity index (χ4n) is 2.04. The molecule has 92 valence electrons. The maximum Gasteiger partial charge on any atom is 0.255 e. The summed E-state index contributed by atoms with van der Waals surface area (Å²) in [4.78, 5) is 14.0. The van der Waals surface area contributed by atoms with E-state index < -0.39 is 0 Å². The number of hydrogen-bond donors (Lipinski definition) is 0. The van der Waals surface area contributed by atoms with Crippen LogP contribution in [0.4, 0.5) is 4.39 Å². The Balaban J connectivity index is 2.16. The minimum atomic E-state index is -0.373. The first-order chi connectivity index (χ1) is 8.08. The largest absolute Gasteiger partial charge is 0.339 e. The van der Waals surface area contributed by atoms with E-state index in [0.29, 0.717) is 16.0 Å². The van der Waals surface area contributed by atoms with Crippen LogP contribution in [0.1, 0.15) is 30.1 Å². The lowest BCUT2D eigenvalue weighted by Gasteiger charge is -2.30. The fourth-order valence-corrected chi connectivity index (χ4v) is 2.46. The summed E-state index contributed by atoms with van der Waals surface area (Å²) < 4.78 is 13.8. The third-order valence-electron chi connectivity index (χ3n) is 3.23. The average Bonchev–Trinajstić information content (AvgIpc) is 2.32. The highest BCUT2D eigenvalue weighted by Crippen LogP contribution is 2.23. The molecule has 0 radical (unpaired) electrons. The average molecular weight is 300 g/mol. The molecule has 1 heterocycles. The number of halogens is 2. The lowest BCUT2D eigenvalue weighted by Crippen LogP contribution is -2.38. The van der Waals surface area contributed by atoms with Gasteiger partial charge < -0.3 is 4.90 Å². The van der Waals surface area contributed by atoms with Crippen LogP contribution >= 0.6 is 15.9 Å². The Morgan fingerprint density at radius 1 is 1.41 bits per heavy atom. The SMILES string of the molecule is CC1CCN(C(=O)c2cc(F)ccc2Br)CC1. The van der Waals surface area contributed by atoms with Gasteiger partial charge in [0.05, 0.1) is 5.56 Å². The smallest absolute Gasteiger partial charge is 0.255 e. The van der Waals surface area contributed by atoms with Crippen LogP contribution < -0.4 is 0 Å². The second kappa shape index (κ2) is 5.17. The standard InChI is InChI=1S/C13H15BrFNO/c1-9-4-6-16(7-5-9)13(17)11-8-10(15)2-3-12(11)14/h2-3,8-9H,4-7H2,1H3. The first-order valence-corrected chi connectivity index (χ1v) is 6.61. The Hall–Kier alpha value is -0.900. The van der Waals surface area contributed by atoms with Gasteiger partial charge in [-0.1, -0.05) is 6.92 Å². The van der Waals surface area contributed by atoms with Gasteiger partial charge in [-0.15, -0.1) is 0 Å². The summed E-state index contributed by atoms with van der Waals surface area (Å²) in [6.07, 6.45) is 2.05. The highest BCUT2D eigenvalue weighted by atomic mass is 79.9. The van der Waals surface area contributed by atoms with Gasteiger partial charge in [0.25, 0.3) is 5.91 Å². The highest BCUT2D eigenvalue weighted by Gasteiger charge is 2.23. The van der Waals surface area contributed by atoms with Crippen molar-refractivity contribution in [1.29, 1.82) is 0 Å². The van der Waals surface area contributed by atoms with Gasteiger partial charge in [-0.25, -0.2) is 4.39 Å². The summed E-state index contributed by atoms with van der Waals surface area (Å²) >= 11 is 3.30. The second-order valence-corrected chi connectivity index (χ2v) is 5.45. The molecule has 1 aromatic carbocycles. The van der Waals surface area contributed by atoms with E-state index in [9.17, 15) is 9.18 Å². The van der Waals surface area contributed by atoms with Crippen LogP contribution in [0.5, 0.6) is 0 Å². The Morgan fingerprint density at radius 3 is 2.71 bits per heavy atom. The number of piperidine rings is 1. The number of carbonyl (C=O) groups is 1. The lowest BCUT2D eigenvalue weighted by atomic mass is 9.98. The van der Waals surface area contributed by atoms with Gasteiger partial charge in [0.1, 0.15) is 5.82 Å². The van der Waals surface area contributed by atoms with E-state index in [1.54, 1.807) is 11.0 Å². The number of rotatable bonds is 1. The van der Waals surface area contributed by atoms with E-state index in [-0.39, 0.29) is 11.7 Å². The van der Waals surface area contributed by atoms with Gasteiger partial charge in [0.15, 0.2) is 0 Å². The molecule has 0 aliphatic carbocycles. The van der Waals surface area contributed by atoms with Crippen LogP contribution in [0.3, 0.4) is 0 Å². The number of amides is 1. The van der Waals surface area contributed by atoms with Gasteiger partial charge in [0, 0.05) is 17.6 Å². The van der Waals surface area contributed by atoms with Gasteiger partial charge in [-0.3, -0.25) is 4.79 Å². The lowest BCUT2D eigenvalue weighted by molar-refractivity contribution is 0.0696. The van der Waals surface area contributed by atoms with E-state index >= 15 is 0 Å². The van der Waals surface area contributed by atoms with E-state index in [1.165, 1.54) is 12.1 Å². The van der Waals surface area contributed by atoms with Crippen molar-refractivity contribution in [3.8, 4) is 0 Å². The third kappa shape index (κ3) is 2.86. The number of benzene rings is 1. The number of carbonyl (C=O) groups excluding carboxylic acids is 1. The molecule has 1 fully saturated rings. The van der Waals surface area contributed by atoms with Crippen molar-refractivity contribution in [2.45, 2.75) is 19.8 Å². The molecule has 0 atom stereocenters. The second-order valence-electron chi connectivity index (χ2n) is 4.60. The van der Waals surface area contributed by atoms with Crippen LogP contribution in [0.25, 0.3) is 0 Å². The summed E-state index contributed by atoms with van der Waals surface area (Å²) in [7, 11) is 0. The molecular weight excluding hydrogens is 285 g/mol. The van der Waals surface area contributed by atoms with E-state index in [0.717, 1.165) is 25.9 Å². The predicted octanol–water partition coefficient (Wildman–Crippen LogP) is 3.46. The van der Waals surface area contributed by atoms with Crippen LogP contribution in [-0.2, 0) is 0 Å². The minimum absolute atomic E-state index is 0.0803. The molecule has 0 saturated carbocycles. The quantitative estimate of drug-likeness (QED) is 0.778. The van der Waals surface area contributed by atoms with Crippen LogP contribution in [0.2, 0.25) is 0 Å². The Bertz CT molecular complexity index is 427. The zero-order valence-corrected chi connectivity index (χ0v) is 11.3. The monoisotopic (exact) mass is 299 g/mol. The van der Waals surface area contributed by atoms with E-state index in [4.69, 9.17) is 0 Å². The predicted molar refractivity (Wildman–Crippen MR) is 68.4 cm³/mol. The molecule has 17 heavy (non-hydrogen) atoms. The van der Waals surface area contributed by atoms with Crippen molar-refractivity contribution < 1.29 is 9.18 Å². The molecule has 1 aliphatic rings. The molecular formula is C13H15BrFNO. The molecule has 1 saturated heterocycles. The molecule has 1 aliphatic heterocycles. The number of hydrogen-bond acceptors (Lipinski definition) is 1. The van der Waals surface area contributed by atoms with Crippen molar-refractivity contribution >= 4 is 21.8 Å². The van der Waals surface area contributed by atoms with Gasteiger partial charge in [-0.2, -0.15) is 0 Å². The Labute approximate surface area is 109 Å². The first kappa shape index (κ1) is 12.6. The molecule has 2 rings (SSSR count). The third-order valence-corrected chi connectivity index (χ3v) is 3.92. The molecule has 0 unspecified atom stereocenters. The first-order valence-electron chi connectivity index (χ1n) is 5.82. The maximum absolute atomic E-state index is 13.1. The molecule has 4 heteroatoms. The van der Waals surface area contributed by atoms with E-state index in [1.807, 2.05) is 0 Å². The zero-order valence-electron chi connectivity index (χ0n) is 9.75. The summed E-state index contributed by atoms with van der Waals surface area (Å²) in [6, 6.07) is 4.22. The molecule has 1 aromatic rings.